The van der Waals surface area contributed by atoms with Crippen LogP contribution in [0.3, 0.4) is 0 Å². The Hall–Kier alpha value is -1.91. The smallest absolute Gasteiger partial charge is 0.239 e. The van der Waals surface area contributed by atoms with E-state index in [9.17, 15) is 4.79 Å². The van der Waals surface area contributed by atoms with Crippen LogP contribution in [-0.2, 0) is 4.79 Å². The van der Waals surface area contributed by atoms with Gasteiger partial charge < -0.3 is 21.1 Å². The largest absolute Gasteiger partial charge is 0.497 e. The van der Waals surface area contributed by atoms with Crippen molar-refractivity contribution in [3.05, 3.63) is 18.2 Å². The monoisotopic (exact) mass is 237 g/mol. The van der Waals surface area contributed by atoms with Gasteiger partial charge >= 0.3 is 0 Å². The molecule has 0 fully saturated rings. The van der Waals surface area contributed by atoms with Gasteiger partial charge in [-0.2, -0.15) is 0 Å². The van der Waals surface area contributed by atoms with Gasteiger partial charge in [-0.1, -0.05) is 0 Å². The molecule has 5 heteroatoms. The fourth-order valence-electron chi connectivity index (χ4n) is 1.40. The third-order valence-corrected chi connectivity index (χ3v) is 2.07. The molecule has 0 saturated heterocycles. The summed E-state index contributed by atoms with van der Waals surface area (Å²) in [5, 5.41) is 5.79. The first-order valence-electron chi connectivity index (χ1n) is 5.49. The van der Waals surface area contributed by atoms with Crippen molar-refractivity contribution in [2.45, 2.75) is 19.9 Å². The number of amides is 1. The number of hydrogen-bond acceptors (Lipinski definition) is 4. The molecule has 0 atom stereocenters. The fourth-order valence-corrected chi connectivity index (χ4v) is 1.40. The number of methoxy groups -OCH3 is 1. The number of carbonyl (C=O) groups is 1. The third kappa shape index (κ3) is 4.63. The highest BCUT2D eigenvalue weighted by molar-refractivity contribution is 5.81. The number of anilines is 2. The second-order valence-corrected chi connectivity index (χ2v) is 4.07. The van der Waals surface area contributed by atoms with Crippen molar-refractivity contribution in [1.29, 1.82) is 0 Å². The molecule has 0 aliphatic heterocycles. The van der Waals surface area contributed by atoms with E-state index in [0.29, 0.717) is 11.4 Å². The molecule has 0 spiro atoms. The summed E-state index contributed by atoms with van der Waals surface area (Å²) >= 11 is 0. The lowest BCUT2D eigenvalue weighted by molar-refractivity contribution is -0.119. The summed E-state index contributed by atoms with van der Waals surface area (Å²) in [5.41, 5.74) is 7.06. The summed E-state index contributed by atoms with van der Waals surface area (Å²) in [6.45, 7) is 4.05. The van der Waals surface area contributed by atoms with E-state index < -0.39 is 0 Å². The fraction of sp³-hybridized carbons (Fsp3) is 0.417. The van der Waals surface area contributed by atoms with Crippen LogP contribution in [0.5, 0.6) is 5.75 Å². The molecule has 0 saturated carbocycles. The van der Waals surface area contributed by atoms with Crippen molar-refractivity contribution in [2.75, 3.05) is 24.7 Å². The summed E-state index contributed by atoms with van der Waals surface area (Å²) < 4.78 is 5.09. The van der Waals surface area contributed by atoms with Crippen molar-refractivity contribution < 1.29 is 9.53 Å². The molecule has 1 rings (SSSR count). The molecule has 0 heterocycles. The number of nitrogens with one attached hydrogen (secondary N) is 2. The lowest BCUT2D eigenvalue weighted by atomic mass is 10.2. The first-order chi connectivity index (χ1) is 8.01. The maximum Gasteiger partial charge on any atom is 0.239 e. The molecular weight excluding hydrogens is 218 g/mol. The van der Waals surface area contributed by atoms with Crippen LogP contribution in [0.25, 0.3) is 0 Å². The minimum atomic E-state index is -0.0543. The standard InChI is InChI=1S/C12H19N3O2/c1-8(2)15-12(16)7-14-10-4-9(13)5-11(6-10)17-3/h4-6,8,14H,7,13H2,1-3H3,(H,15,16). The Labute approximate surface area is 101 Å². The molecule has 5 nitrogen and oxygen atoms in total. The van der Waals surface area contributed by atoms with Gasteiger partial charge in [0.15, 0.2) is 0 Å². The molecule has 0 bridgehead atoms. The highest BCUT2D eigenvalue weighted by Crippen LogP contribution is 2.21. The zero-order chi connectivity index (χ0) is 12.8. The van der Waals surface area contributed by atoms with Crippen LogP contribution in [0.15, 0.2) is 18.2 Å². The average Bonchev–Trinajstić information content (AvgIpc) is 2.24. The van der Waals surface area contributed by atoms with E-state index in [2.05, 4.69) is 10.6 Å². The van der Waals surface area contributed by atoms with Crippen LogP contribution in [0, 0.1) is 0 Å². The summed E-state index contributed by atoms with van der Waals surface area (Å²) in [4.78, 5) is 11.4. The lowest BCUT2D eigenvalue weighted by Crippen LogP contribution is -2.34. The molecule has 17 heavy (non-hydrogen) atoms. The number of rotatable bonds is 5. The Balaban J connectivity index is 2.57. The third-order valence-electron chi connectivity index (χ3n) is 2.07. The van der Waals surface area contributed by atoms with Crippen molar-refractivity contribution in [2.24, 2.45) is 0 Å². The molecule has 0 unspecified atom stereocenters. The van der Waals surface area contributed by atoms with E-state index >= 15 is 0 Å². The quantitative estimate of drug-likeness (QED) is 0.673. The number of ether oxygens (including phenoxy) is 1. The normalized spacial score (nSPS) is 10.1. The maximum absolute atomic E-state index is 11.4. The van der Waals surface area contributed by atoms with Gasteiger partial charge in [-0.25, -0.2) is 0 Å². The van der Waals surface area contributed by atoms with Gasteiger partial charge in [-0.3, -0.25) is 4.79 Å². The summed E-state index contributed by atoms with van der Waals surface area (Å²) in [6.07, 6.45) is 0. The SMILES string of the molecule is COc1cc(N)cc(NCC(=O)NC(C)C)c1. The van der Waals surface area contributed by atoms with E-state index in [1.54, 1.807) is 25.3 Å². The van der Waals surface area contributed by atoms with Gasteiger partial charge in [0.1, 0.15) is 5.75 Å². The molecule has 4 N–H and O–H groups in total. The zero-order valence-corrected chi connectivity index (χ0v) is 10.4. The minimum absolute atomic E-state index is 0.0543. The molecule has 94 valence electrons. The Morgan fingerprint density at radius 3 is 2.71 bits per heavy atom. The van der Waals surface area contributed by atoms with Gasteiger partial charge in [0, 0.05) is 29.5 Å². The molecule has 0 radical (unpaired) electrons. The zero-order valence-electron chi connectivity index (χ0n) is 10.4. The van der Waals surface area contributed by atoms with Crippen LogP contribution in [0.2, 0.25) is 0 Å². The first kappa shape index (κ1) is 13.2. The van der Waals surface area contributed by atoms with E-state index in [4.69, 9.17) is 10.5 Å². The Morgan fingerprint density at radius 2 is 2.12 bits per heavy atom. The van der Waals surface area contributed by atoms with Crippen molar-refractivity contribution in [1.82, 2.24) is 5.32 Å². The maximum atomic E-state index is 11.4. The number of benzene rings is 1. The Bertz CT molecular complexity index is 391. The van der Waals surface area contributed by atoms with Gasteiger partial charge in [-0.15, -0.1) is 0 Å². The Kier molecular flexibility index (Phi) is 4.63. The van der Waals surface area contributed by atoms with Crippen LogP contribution in [0.1, 0.15) is 13.8 Å². The molecule has 1 aromatic carbocycles. The molecular formula is C12H19N3O2. The molecule has 0 aliphatic rings. The van der Waals surface area contributed by atoms with Crippen molar-refractivity contribution in [3.63, 3.8) is 0 Å². The van der Waals surface area contributed by atoms with Crippen molar-refractivity contribution >= 4 is 17.3 Å². The Morgan fingerprint density at radius 1 is 1.41 bits per heavy atom. The van der Waals surface area contributed by atoms with Crippen LogP contribution in [0.4, 0.5) is 11.4 Å². The second kappa shape index (κ2) is 5.98. The molecule has 1 amide bonds. The average molecular weight is 237 g/mol. The predicted molar refractivity (Wildman–Crippen MR) is 69.2 cm³/mol. The van der Waals surface area contributed by atoms with Crippen LogP contribution < -0.4 is 21.1 Å². The van der Waals surface area contributed by atoms with E-state index in [1.807, 2.05) is 13.8 Å². The van der Waals surface area contributed by atoms with Crippen LogP contribution >= 0.6 is 0 Å². The first-order valence-corrected chi connectivity index (χ1v) is 5.49. The van der Waals surface area contributed by atoms with Gasteiger partial charge in [0.05, 0.1) is 13.7 Å². The van der Waals surface area contributed by atoms with Crippen molar-refractivity contribution in [3.8, 4) is 5.75 Å². The van der Waals surface area contributed by atoms with E-state index in [-0.39, 0.29) is 18.5 Å². The molecule has 0 aromatic heterocycles. The summed E-state index contributed by atoms with van der Waals surface area (Å²) in [5.74, 6) is 0.609. The number of carbonyl (C=O) groups excluding carboxylic acids is 1. The molecule has 1 aromatic rings. The highest BCUT2D eigenvalue weighted by atomic mass is 16.5. The number of nitrogens with two attached hydrogens (primary N) is 1. The van der Waals surface area contributed by atoms with Gasteiger partial charge in [-0.05, 0) is 19.9 Å². The van der Waals surface area contributed by atoms with Crippen LogP contribution in [-0.4, -0.2) is 25.6 Å². The minimum Gasteiger partial charge on any atom is -0.497 e. The highest BCUT2D eigenvalue weighted by Gasteiger charge is 2.04. The summed E-state index contributed by atoms with van der Waals surface area (Å²) in [7, 11) is 1.57. The summed E-state index contributed by atoms with van der Waals surface area (Å²) in [6, 6.07) is 5.41. The number of hydrogen-bond donors (Lipinski definition) is 3. The number of nitrogen functional groups attached to an aromatic ring is 1. The lowest BCUT2D eigenvalue weighted by Gasteiger charge is -2.11. The topological polar surface area (TPSA) is 76.4 Å². The van der Waals surface area contributed by atoms with E-state index in [1.165, 1.54) is 0 Å². The van der Waals surface area contributed by atoms with Gasteiger partial charge in [0.2, 0.25) is 5.91 Å². The predicted octanol–water partition coefficient (Wildman–Crippen LogP) is 1.21. The molecule has 0 aliphatic carbocycles. The van der Waals surface area contributed by atoms with Gasteiger partial charge in [0.25, 0.3) is 0 Å². The van der Waals surface area contributed by atoms with E-state index in [0.717, 1.165) is 5.69 Å². The second-order valence-electron chi connectivity index (χ2n) is 4.07.